The Bertz CT molecular complexity index is 882. The molecule has 3 rings (SSSR count). The van der Waals surface area contributed by atoms with Gasteiger partial charge in [0.05, 0.1) is 12.1 Å². The monoisotopic (exact) mass is 365 g/mol. The maximum absolute atomic E-state index is 13.1. The smallest absolute Gasteiger partial charge is 0.324 e. The Morgan fingerprint density at radius 1 is 1.12 bits per heavy atom. The zero-order valence-electron chi connectivity index (χ0n) is 13.0. The van der Waals surface area contributed by atoms with Crippen LogP contribution in [-0.2, 0) is 32.5 Å². The third kappa shape index (κ3) is 2.92. The molecule has 0 radical (unpaired) electrons. The Morgan fingerprint density at radius 2 is 1.75 bits per heavy atom. The van der Waals surface area contributed by atoms with Gasteiger partial charge in [-0.2, -0.15) is 4.31 Å². The van der Waals surface area contributed by atoms with E-state index in [9.17, 15) is 13.2 Å². The number of methoxy groups -OCH3 is 1. The van der Waals surface area contributed by atoms with E-state index in [-0.39, 0.29) is 22.9 Å². The van der Waals surface area contributed by atoms with E-state index >= 15 is 0 Å². The van der Waals surface area contributed by atoms with Crippen molar-refractivity contribution in [3.05, 3.63) is 64.7 Å². The number of nitrogens with zero attached hydrogens (tertiary/aromatic N) is 1. The van der Waals surface area contributed by atoms with Gasteiger partial charge in [-0.1, -0.05) is 48.0 Å². The van der Waals surface area contributed by atoms with E-state index in [0.29, 0.717) is 0 Å². The van der Waals surface area contributed by atoms with E-state index in [0.717, 1.165) is 11.1 Å². The van der Waals surface area contributed by atoms with Crippen LogP contribution in [0.2, 0.25) is 5.02 Å². The lowest BCUT2D eigenvalue weighted by atomic mass is 9.96. The minimum absolute atomic E-state index is 0.0139. The number of hydrogen-bond acceptors (Lipinski definition) is 4. The van der Waals surface area contributed by atoms with Crippen LogP contribution in [0.5, 0.6) is 0 Å². The van der Waals surface area contributed by atoms with Crippen molar-refractivity contribution in [1.82, 2.24) is 4.31 Å². The summed E-state index contributed by atoms with van der Waals surface area (Å²) in [7, 11) is -2.69. The lowest BCUT2D eigenvalue weighted by Crippen LogP contribution is -2.49. The highest BCUT2D eigenvalue weighted by Crippen LogP contribution is 2.32. The van der Waals surface area contributed by atoms with Crippen LogP contribution < -0.4 is 0 Å². The molecule has 1 aliphatic heterocycles. The van der Waals surface area contributed by atoms with Crippen molar-refractivity contribution in [2.45, 2.75) is 23.9 Å². The highest BCUT2D eigenvalue weighted by Gasteiger charge is 2.40. The van der Waals surface area contributed by atoms with Crippen molar-refractivity contribution in [3.63, 3.8) is 0 Å². The molecule has 0 saturated carbocycles. The summed E-state index contributed by atoms with van der Waals surface area (Å²) < 4.78 is 32.2. The maximum atomic E-state index is 13.1. The molecular formula is C17H16ClNO4S. The Kier molecular flexibility index (Phi) is 4.62. The predicted molar refractivity (Wildman–Crippen MR) is 90.1 cm³/mol. The molecule has 5 nitrogen and oxygen atoms in total. The molecule has 0 amide bonds. The molecule has 2 aromatic rings. The average molecular weight is 366 g/mol. The van der Waals surface area contributed by atoms with Crippen LogP contribution in [0.15, 0.2) is 53.4 Å². The molecule has 2 aromatic carbocycles. The molecule has 0 N–H and O–H groups in total. The fraction of sp³-hybridized carbons (Fsp3) is 0.235. The van der Waals surface area contributed by atoms with Gasteiger partial charge in [0, 0.05) is 13.0 Å². The molecule has 1 heterocycles. The summed E-state index contributed by atoms with van der Waals surface area (Å²) >= 11 is 6.07. The number of benzene rings is 2. The van der Waals surface area contributed by atoms with E-state index in [2.05, 4.69) is 0 Å². The molecule has 24 heavy (non-hydrogen) atoms. The number of carbonyl (C=O) groups excluding carboxylic acids is 1. The summed E-state index contributed by atoms with van der Waals surface area (Å²) in [6.07, 6.45) is 0.270. The van der Waals surface area contributed by atoms with Gasteiger partial charge in [-0.15, -0.1) is 0 Å². The SMILES string of the molecule is COC(=O)[C@@H]1Cc2ccccc2CN1S(=O)(=O)c1ccccc1Cl. The van der Waals surface area contributed by atoms with E-state index < -0.39 is 22.0 Å². The predicted octanol–water partition coefficient (Wildman–Crippen LogP) is 2.63. The van der Waals surface area contributed by atoms with Crippen molar-refractivity contribution >= 4 is 27.6 Å². The van der Waals surface area contributed by atoms with E-state index in [1.54, 1.807) is 12.1 Å². The number of fused-ring (bicyclic) bond motifs is 1. The molecule has 7 heteroatoms. The molecule has 126 valence electrons. The number of halogens is 1. The van der Waals surface area contributed by atoms with Gasteiger partial charge in [-0.25, -0.2) is 8.42 Å². The summed E-state index contributed by atoms with van der Waals surface area (Å²) in [5.41, 5.74) is 1.81. The van der Waals surface area contributed by atoms with Crippen LogP contribution in [0, 0.1) is 0 Å². The fourth-order valence-electron chi connectivity index (χ4n) is 2.87. The zero-order valence-corrected chi connectivity index (χ0v) is 14.5. The van der Waals surface area contributed by atoms with Gasteiger partial charge in [0.1, 0.15) is 10.9 Å². The van der Waals surface area contributed by atoms with Gasteiger partial charge < -0.3 is 4.74 Å². The summed E-state index contributed by atoms with van der Waals surface area (Å²) in [5, 5.41) is 0.125. The van der Waals surface area contributed by atoms with Crippen molar-refractivity contribution in [2.75, 3.05) is 7.11 Å². The van der Waals surface area contributed by atoms with Gasteiger partial charge in [0.25, 0.3) is 0 Å². The Balaban J connectivity index is 2.10. The quantitative estimate of drug-likeness (QED) is 0.784. The highest BCUT2D eigenvalue weighted by molar-refractivity contribution is 7.89. The normalized spacial score (nSPS) is 18.0. The number of hydrogen-bond donors (Lipinski definition) is 0. The first kappa shape index (κ1) is 17.0. The average Bonchev–Trinajstić information content (AvgIpc) is 2.60. The molecule has 0 saturated heterocycles. The van der Waals surface area contributed by atoms with E-state index in [1.807, 2.05) is 24.3 Å². The van der Waals surface area contributed by atoms with Gasteiger partial charge in [0.15, 0.2) is 0 Å². The second-order valence-corrected chi connectivity index (χ2v) is 7.76. The summed E-state index contributed by atoms with van der Waals surface area (Å²) in [5.74, 6) is -0.583. The van der Waals surface area contributed by atoms with Crippen molar-refractivity contribution < 1.29 is 17.9 Å². The third-order valence-electron chi connectivity index (χ3n) is 4.10. The van der Waals surface area contributed by atoms with E-state index in [1.165, 1.54) is 23.5 Å². The second-order valence-electron chi connectivity index (χ2n) is 5.49. The zero-order chi connectivity index (χ0) is 17.3. The molecule has 0 aromatic heterocycles. The summed E-state index contributed by atoms with van der Waals surface area (Å²) in [6.45, 7) is 0.101. The largest absolute Gasteiger partial charge is 0.468 e. The molecule has 0 spiro atoms. The topological polar surface area (TPSA) is 63.7 Å². The molecular weight excluding hydrogens is 350 g/mol. The fourth-order valence-corrected chi connectivity index (χ4v) is 4.92. The van der Waals surface area contributed by atoms with Gasteiger partial charge in [-0.3, -0.25) is 4.79 Å². The van der Waals surface area contributed by atoms with Crippen molar-refractivity contribution in [2.24, 2.45) is 0 Å². The van der Waals surface area contributed by atoms with E-state index in [4.69, 9.17) is 16.3 Å². The third-order valence-corrected chi connectivity index (χ3v) is 6.46. The number of rotatable bonds is 3. The first-order chi connectivity index (χ1) is 11.4. The Labute approximate surface area is 145 Å². The van der Waals surface area contributed by atoms with Gasteiger partial charge in [0.2, 0.25) is 10.0 Å². The van der Waals surface area contributed by atoms with Crippen LogP contribution >= 0.6 is 11.6 Å². The number of ether oxygens (including phenoxy) is 1. The second kappa shape index (κ2) is 6.55. The first-order valence-electron chi connectivity index (χ1n) is 7.36. The van der Waals surface area contributed by atoms with Crippen LogP contribution in [-0.4, -0.2) is 31.8 Å². The first-order valence-corrected chi connectivity index (χ1v) is 9.18. The van der Waals surface area contributed by atoms with Crippen LogP contribution in [0.1, 0.15) is 11.1 Å². The molecule has 0 unspecified atom stereocenters. The Morgan fingerprint density at radius 3 is 2.42 bits per heavy atom. The summed E-state index contributed by atoms with van der Waals surface area (Å²) in [6, 6.07) is 12.8. The minimum Gasteiger partial charge on any atom is -0.468 e. The molecule has 0 bridgehead atoms. The Hall–Kier alpha value is -1.89. The lowest BCUT2D eigenvalue weighted by molar-refractivity contribution is -0.145. The van der Waals surface area contributed by atoms with Gasteiger partial charge >= 0.3 is 5.97 Å². The minimum atomic E-state index is -3.94. The highest BCUT2D eigenvalue weighted by atomic mass is 35.5. The summed E-state index contributed by atoms with van der Waals surface area (Å²) in [4.78, 5) is 12.2. The maximum Gasteiger partial charge on any atom is 0.324 e. The van der Waals surface area contributed by atoms with Crippen molar-refractivity contribution in [1.29, 1.82) is 0 Å². The number of carbonyl (C=O) groups is 1. The van der Waals surface area contributed by atoms with Crippen LogP contribution in [0.25, 0.3) is 0 Å². The van der Waals surface area contributed by atoms with Gasteiger partial charge in [-0.05, 0) is 23.3 Å². The van der Waals surface area contributed by atoms with Crippen LogP contribution in [0.3, 0.4) is 0 Å². The van der Waals surface area contributed by atoms with Crippen LogP contribution in [0.4, 0.5) is 0 Å². The standard InChI is InChI=1S/C17H16ClNO4S/c1-23-17(20)15-10-12-6-2-3-7-13(12)11-19(15)24(21,22)16-9-5-4-8-14(16)18/h2-9,15H,10-11H2,1H3/t15-/m0/s1. The lowest BCUT2D eigenvalue weighted by Gasteiger charge is -2.34. The van der Waals surface area contributed by atoms with Crippen molar-refractivity contribution in [3.8, 4) is 0 Å². The molecule has 0 aliphatic carbocycles. The number of esters is 1. The molecule has 1 aliphatic rings. The molecule has 1 atom stereocenters. The number of sulfonamides is 1. The molecule has 0 fully saturated rings.